The molecule has 0 saturated carbocycles. The van der Waals surface area contributed by atoms with Crippen LogP contribution < -0.4 is 5.32 Å². The van der Waals surface area contributed by atoms with Gasteiger partial charge in [0.1, 0.15) is 6.04 Å². The summed E-state index contributed by atoms with van der Waals surface area (Å²) in [6.45, 7) is 2.72. The van der Waals surface area contributed by atoms with Gasteiger partial charge in [-0.25, -0.2) is 4.79 Å². The number of rotatable bonds is 5. The summed E-state index contributed by atoms with van der Waals surface area (Å²) in [5.74, 6) is -1.26. The van der Waals surface area contributed by atoms with Gasteiger partial charge in [0.2, 0.25) is 0 Å². The molecule has 1 aliphatic rings. The molecule has 1 aromatic heterocycles. The highest BCUT2D eigenvalue weighted by Gasteiger charge is 2.19. The lowest BCUT2D eigenvalue weighted by molar-refractivity contribution is -0.140. The molecule has 0 radical (unpaired) electrons. The molecule has 1 fully saturated rings. The van der Waals surface area contributed by atoms with Gasteiger partial charge < -0.3 is 15.2 Å². The van der Waals surface area contributed by atoms with E-state index < -0.39 is 12.0 Å². The van der Waals surface area contributed by atoms with Gasteiger partial charge >= 0.3 is 5.97 Å². The van der Waals surface area contributed by atoms with Crippen molar-refractivity contribution < 1.29 is 19.4 Å². The van der Waals surface area contributed by atoms with Gasteiger partial charge in [-0.3, -0.25) is 9.48 Å². The first-order valence-corrected chi connectivity index (χ1v) is 6.24. The van der Waals surface area contributed by atoms with Crippen LogP contribution >= 0.6 is 0 Å². The summed E-state index contributed by atoms with van der Waals surface area (Å²) in [6, 6.07) is -0.792. The molecular formula is C12H17N3O4. The number of ether oxygens (including phenoxy) is 1. The summed E-state index contributed by atoms with van der Waals surface area (Å²) in [4.78, 5) is 22.6. The molecule has 0 aliphatic carbocycles. The SMILES string of the molecule is CC(C(=O)O)n1cc(C(=O)NCC2CCCO2)cn1. The van der Waals surface area contributed by atoms with Crippen molar-refractivity contribution in [3.8, 4) is 0 Å². The first kappa shape index (κ1) is 13.5. The zero-order chi connectivity index (χ0) is 13.8. The van der Waals surface area contributed by atoms with Gasteiger partial charge in [0, 0.05) is 19.3 Å². The van der Waals surface area contributed by atoms with E-state index in [1.165, 1.54) is 24.0 Å². The third kappa shape index (κ3) is 3.31. The Morgan fingerprint density at radius 2 is 2.47 bits per heavy atom. The molecule has 0 bridgehead atoms. The number of carbonyl (C=O) groups is 2. The van der Waals surface area contributed by atoms with E-state index in [9.17, 15) is 9.59 Å². The summed E-state index contributed by atoms with van der Waals surface area (Å²) in [7, 11) is 0. The molecule has 2 N–H and O–H groups in total. The number of nitrogens with one attached hydrogen (secondary N) is 1. The van der Waals surface area contributed by atoms with Crippen LogP contribution in [0.3, 0.4) is 0 Å². The summed E-state index contributed by atoms with van der Waals surface area (Å²) in [6.07, 6.45) is 4.86. The third-order valence-corrected chi connectivity index (χ3v) is 3.13. The van der Waals surface area contributed by atoms with Crippen molar-refractivity contribution in [1.82, 2.24) is 15.1 Å². The van der Waals surface area contributed by atoms with Gasteiger partial charge in [-0.2, -0.15) is 5.10 Å². The molecule has 7 nitrogen and oxygen atoms in total. The molecule has 104 valence electrons. The lowest BCUT2D eigenvalue weighted by Gasteiger charge is -2.09. The van der Waals surface area contributed by atoms with Gasteiger partial charge in [-0.15, -0.1) is 0 Å². The molecule has 0 spiro atoms. The topological polar surface area (TPSA) is 93.5 Å². The van der Waals surface area contributed by atoms with Crippen molar-refractivity contribution in [3.63, 3.8) is 0 Å². The minimum absolute atomic E-state index is 0.0805. The fourth-order valence-corrected chi connectivity index (χ4v) is 1.89. The fraction of sp³-hybridized carbons (Fsp3) is 0.583. The molecule has 2 heterocycles. The maximum atomic E-state index is 11.8. The molecule has 0 aromatic carbocycles. The van der Waals surface area contributed by atoms with Crippen LogP contribution in [0.4, 0.5) is 0 Å². The van der Waals surface area contributed by atoms with E-state index >= 15 is 0 Å². The first-order chi connectivity index (χ1) is 9.08. The van der Waals surface area contributed by atoms with Crippen molar-refractivity contribution in [3.05, 3.63) is 18.0 Å². The normalized spacial score (nSPS) is 20.2. The quantitative estimate of drug-likeness (QED) is 0.807. The van der Waals surface area contributed by atoms with Crippen LogP contribution in [0.1, 0.15) is 36.2 Å². The molecule has 1 aromatic rings. The Balaban J connectivity index is 1.90. The number of carbonyl (C=O) groups excluding carboxylic acids is 1. The Bertz CT molecular complexity index is 465. The highest BCUT2D eigenvalue weighted by molar-refractivity contribution is 5.93. The zero-order valence-corrected chi connectivity index (χ0v) is 10.7. The second-order valence-corrected chi connectivity index (χ2v) is 4.57. The first-order valence-electron chi connectivity index (χ1n) is 6.24. The highest BCUT2D eigenvalue weighted by atomic mass is 16.5. The monoisotopic (exact) mass is 267 g/mol. The average molecular weight is 267 g/mol. The molecule has 2 atom stereocenters. The van der Waals surface area contributed by atoms with E-state index in [2.05, 4.69) is 10.4 Å². The molecule has 1 aliphatic heterocycles. The van der Waals surface area contributed by atoms with Crippen molar-refractivity contribution in [2.24, 2.45) is 0 Å². The number of nitrogens with zero attached hydrogens (tertiary/aromatic N) is 2. The number of carboxylic acid groups (broad SMARTS) is 1. The van der Waals surface area contributed by atoms with Gasteiger partial charge in [-0.1, -0.05) is 0 Å². The molecule has 7 heteroatoms. The van der Waals surface area contributed by atoms with E-state index in [1.807, 2.05) is 0 Å². The third-order valence-electron chi connectivity index (χ3n) is 3.13. The number of amides is 1. The van der Waals surface area contributed by atoms with Crippen molar-refractivity contribution in [1.29, 1.82) is 0 Å². The lowest BCUT2D eigenvalue weighted by Crippen LogP contribution is -2.31. The average Bonchev–Trinajstić information content (AvgIpc) is 3.05. The van der Waals surface area contributed by atoms with E-state index in [1.54, 1.807) is 0 Å². The van der Waals surface area contributed by atoms with E-state index in [4.69, 9.17) is 9.84 Å². The Kier molecular flexibility index (Phi) is 4.16. The lowest BCUT2D eigenvalue weighted by atomic mass is 10.2. The van der Waals surface area contributed by atoms with Crippen LogP contribution in [0, 0.1) is 0 Å². The highest BCUT2D eigenvalue weighted by Crippen LogP contribution is 2.11. The summed E-state index contributed by atoms with van der Waals surface area (Å²) >= 11 is 0. The summed E-state index contributed by atoms with van der Waals surface area (Å²) < 4.78 is 6.65. The molecule has 19 heavy (non-hydrogen) atoms. The van der Waals surface area contributed by atoms with Crippen LogP contribution in [0.15, 0.2) is 12.4 Å². The van der Waals surface area contributed by atoms with Gasteiger partial charge in [0.25, 0.3) is 5.91 Å². The maximum absolute atomic E-state index is 11.8. The number of hydrogen-bond acceptors (Lipinski definition) is 4. The van der Waals surface area contributed by atoms with Crippen LogP contribution in [0.2, 0.25) is 0 Å². The van der Waals surface area contributed by atoms with Crippen LogP contribution in [-0.2, 0) is 9.53 Å². The van der Waals surface area contributed by atoms with Crippen LogP contribution in [0.5, 0.6) is 0 Å². The number of aromatic nitrogens is 2. The Morgan fingerprint density at radius 3 is 3.11 bits per heavy atom. The number of aliphatic carboxylic acids is 1. The van der Waals surface area contributed by atoms with Gasteiger partial charge in [0.05, 0.1) is 17.9 Å². The van der Waals surface area contributed by atoms with Crippen molar-refractivity contribution in [2.75, 3.05) is 13.2 Å². The predicted octanol–water partition coefficient (Wildman–Crippen LogP) is 0.437. The van der Waals surface area contributed by atoms with Gasteiger partial charge in [-0.05, 0) is 19.8 Å². The predicted molar refractivity (Wildman–Crippen MR) is 65.9 cm³/mol. The second-order valence-electron chi connectivity index (χ2n) is 4.57. The molecule has 1 amide bonds. The largest absolute Gasteiger partial charge is 0.480 e. The summed E-state index contributed by atoms with van der Waals surface area (Å²) in [5.41, 5.74) is 0.353. The zero-order valence-electron chi connectivity index (χ0n) is 10.7. The molecule has 2 unspecified atom stereocenters. The van der Waals surface area contributed by atoms with Crippen LogP contribution in [-0.4, -0.2) is 46.0 Å². The van der Waals surface area contributed by atoms with Crippen molar-refractivity contribution in [2.45, 2.75) is 31.9 Å². The van der Waals surface area contributed by atoms with E-state index in [0.29, 0.717) is 12.1 Å². The van der Waals surface area contributed by atoms with Gasteiger partial charge in [0.15, 0.2) is 0 Å². The molecule has 1 saturated heterocycles. The van der Waals surface area contributed by atoms with Crippen molar-refractivity contribution >= 4 is 11.9 Å². The summed E-state index contributed by atoms with van der Waals surface area (Å²) in [5, 5.41) is 15.5. The standard InChI is InChI=1S/C12H17N3O4/c1-8(12(17)18)15-7-9(5-14-15)11(16)13-6-10-3-2-4-19-10/h5,7-8,10H,2-4,6H2,1H3,(H,13,16)(H,17,18). The number of carboxylic acids is 1. The Labute approximate surface area is 110 Å². The smallest absolute Gasteiger partial charge is 0.328 e. The Morgan fingerprint density at radius 1 is 1.68 bits per heavy atom. The maximum Gasteiger partial charge on any atom is 0.328 e. The van der Waals surface area contributed by atoms with Crippen LogP contribution in [0.25, 0.3) is 0 Å². The minimum atomic E-state index is -0.991. The second kappa shape index (κ2) is 5.83. The Hall–Kier alpha value is -1.89. The van der Waals surface area contributed by atoms with E-state index in [0.717, 1.165) is 19.4 Å². The minimum Gasteiger partial charge on any atom is -0.480 e. The number of hydrogen-bond donors (Lipinski definition) is 2. The fourth-order valence-electron chi connectivity index (χ4n) is 1.89. The molecule has 2 rings (SSSR count). The van der Waals surface area contributed by atoms with E-state index in [-0.39, 0.29) is 12.0 Å². The molecular weight excluding hydrogens is 250 g/mol.